The standard InChI is InChI=1S/C19H21N3O2S/c1-14(13-24-18-9-7-17(23-2)8-10-18)21-19(25)22-16-5-3-15(4-6-16)11-12-20/h3-10,14H,11,13H2,1-2H3,(H2,21,22,25). The predicted octanol–water partition coefficient (Wildman–Crippen LogP) is 3.52. The maximum atomic E-state index is 8.68. The molecular weight excluding hydrogens is 334 g/mol. The number of nitriles is 1. The minimum absolute atomic E-state index is 0.0416. The van der Waals surface area contributed by atoms with Crippen LogP contribution in [0.5, 0.6) is 11.5 Å². The third-order valence-corrected chi connectivity index (χ3v) is 3.65. The van der Waals surface area contributed by atoms with Crippen molar-refractivity contribution in [3.63, 3.8) is 0 Å². The van der Waals surface area contributed by atoms with Gasteiger partial charge >= 0.3 is 0 Å². The van der Waals surface area contributed by atoms with Crippen molar-refractivity contribution in [2.24, 2.45) is 0 Å². The van der Waals surface area contributed by atoms with Gasteiger partial charge in [0.2, 0.25) is 0 Å². The monoisotopic (exact) mass is 355 g/mol. The normalized spacial score (nSPS) is 11.1. The average molecular weight is 355 g/mol. The lowest BCUT2D eigenvalue weighted by molar-refractivity contribution is 0.286. The summed E-state index contributed by atoms with van der Waals surface area (Å²) in [6.07, 6.45) is 0.405. The first-order valence-electron chi connectivity index (χ1n) is 7.91. The number of benzene rings is 2. The number of ether oxygens (including phenoxy) is 2. The molecule has 130 valence electrons. The Kier molecular flexibility index (Phi) is 7.05. The van der Waals surface area contributed by atoms with E-state index in [1.165, 1.54) is 0 Å². The minimum Gasteiger partial charge on any atom is -0.497 e. The number of rotatable bonds is 7. The van der Waals surface area contributed by atoms with Crippen molar-refractivity contribution in [1.82, 2.24) is 5.32 Å². The summed E-state index contributed by atoms with van der Waals surface area (Å²) in [5, 5.41) is 15.5. The summed E-state index contributed by atoms with van der Waals surface area (Å²) in [5.74, 6) is 1.58. The van der Waals surface area contributed by atoms with Crippen LogP contribution >= 0.6 is 12.2 Å². The van der Waals surface area contributed by atoms with E-state index < -0.39 is 0 Å². The molecule has 0 radical (unpaired) electrons. The van der Waals surface area contributed by atoms with E-state index in [9.17, 15) is 0 Å². The number of methoxy groups -OCH3 is 1. The Morgan fingerprint density at radius 2 is 1.76 bits per heavy atom. The maximum Gasteiger partial charge on any atom is 0.171 e. The molecule has 0 aliphatic rings. The van der Waals surface area contributed by atoms with E-state index in [-0.39, 0.29) is 6.04 Å². The van der Waals surface area contributed by atoms with Crippen LogP contribution in [-0.2, 0) is 6.42 Å². The van der Waals surface area contributed by atoms with Crippen molar-refractivity contribution in [1.29, 1.82) is 5.26 Å². The first-order valence-corrected chi connectivity index (χ1v) is 8.32. The second-order valence-corrected chi connectivity index (χ2v) is 5.93. The summed E-state index contributed by atoms with van der Waals surface area (Å²) in [6, 6.07) is 17.2. The number of nitrogens with one attached hydrogen (secondary N) is 2. The number of hydrogen-bond donors (Lipinski definition) is 2. The van der Waals surface area contributed by atoms with E-state index in [1.54, 1.807) is 7.11 Å². The van der Waals surface area contributed by atoms with Crippen LogP contribution in [0.3, 0.4) is 0 Å². The Morgan fingerprint density at radius 3 is 2.36 bits per heavy atom. The van der Waals surface area contributed by atoms with Crippen LogP contribution in [0, 0.1) is 11.3 Å². The summed E-state index contributed by atoms with van der Waals surface area (Å²) in [6.45, 7) is 2.47. The van der Waals surface area contributed by atoms with Gasteiger partial charge in [-0.05, 0) is 61.1 Å². The quantitative estimate of drug-likeness (QED) is 0.741. The highest BCUT2D eigenvalue weighted by atomic mass is 32.1. The van der Waals surface area contributed by atoms with E-state index in [0.717, 1.165) is 22.7 Å². The van der Waals surface area contributed by atoms with Gasteiger partial charge in [-0.15, -0.1) is 0 Å². The highest BCUT2D eigenvalue weighted by molar-refractivity contribution is 7.80. The molecule has 0 aromatic heterocycles. The molecule has 2 N–H and O–H groups in total. The molecule has 2 aromatic rings. The highest BCUT2D eigenvalue weighted by Crippen LogP contribution is 2.17. The molecule has 0 spiro atoms. The number of anilines is 1. The SMILES string of the molecule is COc1ccc(OCC(C)NC(=S)Nc2ccc(CC#N)cc2)cc1. The molecule has 1 unspecified atom stereocenters. The predicted molar refractivity (Wildman–Crippen MR) is 103 cm³/mol. The lowest BCUT2D eigenvalue weighted by Crippen LogP contribution is -2.39. The molecule has 0 saturated heterocycles. The molecule has 0 aliphatic heterocycles. The second kappa shape index (κ2) is 9.50. The van der Waals surface area contributed by atoms with Gasteiger partial charge in [0.05, 0.1) is 25.6 Å². The van der Waals surface area contributed by atoms with E-state index in [1.807, 2.05) is 55.5 Å². The Labute approximate surface area is 153 Å². The molecule has 2 aromatic carbocycles. The van der Waals surface area contributed by atoms with Crippen molar-refractivity contribution >= 4 is 23.0 Å². The maximum absolute atomic E-state index is 8.68. The van der Waals surface area contributed by atoms with E-state index in [0.29, 0.717) is 18.1 Å². The minimum atomic E-state index is 0.0416. The molecule has 0 amide bonds. The Hall–Kier alpha value is -2.78. The van der Waals surface area contributed by atoms with Crippen LogP contribution in [0.2, 0.25) is 0 Å². The number of hydrogen-bond acceptors (Lipinski definition) is 4. The van der Waals surface area contributed by atoms with Crippen molar-refractivity contribution in [2.45, 2.75) is 19.4 Å². The molecule has 1 atom stereocenters. The Morgan fingerprint density at radius 1 is 1.12 bits per heavy atom. The molecule has 0 saturated carbocycles. The van der Waals surface area contributed by atoms with Gasteiger partial charge in [-0.1, -0.05) is 12.1 Å². The van der Waals surface area contributed by atoms with Crippen molar-refractivity contribution < 1.29 is 9.47 Å². The van der Waals surface area contributed by atoms with Gasteiger partial charge in [0.1, 0.15) is 18.1 Å². The van der Waals surface area contributed by atoms with Crippen LogP contribution in [-0.4, -0.2) is 24.9 Å². The van der Waals surface area contributed by atoms with Gasteiger partial charge in [-0.3, -0.25) is 0 Å². The summed E-state index contributed by atoms with van der Waals surface area (Å²) < 4.78 is 10.8. The molecule has 25 heavy (non-hydrogen) atoms. The van der Waals surface area contributed by atoms with Gasteiger partial charge in [0.25, 0.3) is 0 Å². The largest absolute Gasteiger partial charge is 0.497 e. The smallest absolute Gasteiger partial charge is 0.171 e. The third kappa shape index (κ3) is 6.32. The lowest BCUT2D eigenvalue weighted by Gasteiger charge is -2.18. The van der Waals surface area contributed by atoms with Crippen LogP contribution in [0.25, 0.3) is 0 Å². The van der Waals surface area contributed by atoms with Crippen LogP contribution in [0.4, 0.5) is 5.69 Å². The summed E-state index contributed by atoms with van der Waals surface area (Å²) in [4.78, 5) is 0. The molecular formula is C19H21N3O2S. The third-order valence-electron chi connectivity index (χ3n) is 3.43. The van der Waals surface area contributed by atoms with Gasteiger partial charge in [0.15, 0.2) is 5.11 Å². The van der Waals surface area contributed by atoms with E-state index >= 15 is 0 Å². The fraction of sp³-hybridized carbons (Fsp3) is 0.263. The zero-order chi connectivity index (χ0) is 18.1. The fourth-order valence-electron chi connectivity index (χ4n) is 2.12. The second-order valence-electron chi connectivity index (χ2n) is 5.52. The van der Waals surface area contributed by atoms with Crippen molar-refractivity contribution in [2.75, 3.05) is 19.0 Å². The fourth-order valence-corrected chi connectivity index (χ4v) is 2.44. The average Bonchev–Trinajstić information content (AvgIpc) is 2.62. The zero-order valence-electron chi connectivity index (χ0n) is 14.3. The van der Waals surface area contributed by atoms with Gasteiger partial charge in [-0.2, -0.15) is 5.26 Å². The molecule has 0 fully saturated rings. The lowest BCUT2D eigenvalue weighted by atomic mass is 10.1. The first kappa shape index (κ1) is 18.6. The topological polar surface area (TPSA) is 66.3 Å². The first-order chi connectivity index (χ1) is 12.1. The summed E-state index contributed by atoms with van der Waals surface area (Å²) in [5.41, 5.74) is 1.86. The van der Waals surface area contributed by atoms with Crippen LogP contribution in [0.1, 0.15) is 12.5 Å². The molecule has 2 rings (SSSR count). The number of thiocarbonyl (C=S) groups is 1. The molecule has 5 nitrogen and oxygen atoms in total. The van der Waals surface area contributed by atoms with Crippen LogP contribution < -0.4 is 20.1 Å². The van der Waals surface area contributed by atoms with Gasteiger partial charge < -0.3 is 20.1 Å². The summed E-state index contributed by atoms with van der Waals surface area (Å²) >= 11 is 5.31. The molecule has 6 heteroatoms. The van der Waals surface area contributed by atoms with Crippen LogP contribution in [0.15, 0.2) is 48.5 Å². The highest BCUT2D eigenvalue weighted by Gasteiger charge is 2.06. The zero-order valence-corrected chi connectivity index (χ0v) is 15.1. The van der Waals surface area contributed by atoms with Crippen molar-refractivity contribution in [3.05, 3.63) is 54.1 Å². The van der Waals surface area contributed by atoms with Gasteiger partial charge in [-0.25, -0.2) is 0 Å². The molecule has 0 aliphatic carbocycles. The van der Waals surface area contributed by atoms with E-state index in [4.69, 9.17) is 27.0 Å². The summed E-state index contributed by atoms with van der Waals surface area (Å²) in [7, 11) is 1.63. The van der Waals surface area contributed by atoms with Crippen molar-refractivity contribution in [3.8, 4) is 17.6 Å². The van der Waals surface area contributed by atoms with Gasteiger partial charge in [0, 0.05) is 5.69 Å². The molecule has 0 bridgehead atoms. The Bertz CT molecular complexity index is 724. The number of nitrogens with zero attached hydrogens (tertiary/aromatic N) is 1. The molecule has 0 heterocycles. The Balaban J connectivity index is 1.76. The van der Waals surface area contributed by atoms with E-state index in [2.05, 4.69) is 16.7 Å².